The smallest absolute Gasteiger partial charge is 0.210 e. The van der Waals surface area contributed by atoms with Gasteiger partial charge in [-0.3, -0.25) is 19.2 Å². The minimum Gasteiger partial charge on any atom is -0.494 e. The number of ketones is 4. The van der Waals surface area contributed by atoms with Crippen molar-refractivity contribution in [2.24, 2.45) is 0 Å². The van der Waals surface area contributed by atoms with Crippen molar-refractivity contribution in [1.82, 2.24) is 0 Å². The molecule has 10 heteroatoms. The van der Waals surface area contributed by atoms with Crippen LogP contribution in [0.2, 0.25) is 0 Å². The summed E-state index contributed by atoms with van der Waals surface area (Å²) in [5, 5.41) is 6.19. The number of carbonyl (C=O) groups excluding carboxylic acids is 4. The molecule has 0 aromatic heterocycles. The van der Waals surface area contributed by atoms with E-state index in [-0.39, 0.29) is 34.5 Å². The summed E-state index contributed by atoms with van der Waals surface area (Å²) in [7, 11) is 4.10. The van der Waals surface area contributed by atoms with Gasteiger partial charge in [0.05, 0.1) is 24.6 Å². The number of fused-ring (bicyclic) bond motifs is 2. The fourth-order valence-electron chi connectivity index (χ4n) is 7.54. The van der Waals surface area contributed by atoms with E-state index in [0.717, 1.165) is 35.7 Å². The van der Waals surface area contributed by atoms with Crippen molar-refractivity contribution in [1.29, 1.82) is 0 Å². The molecule has 2 aliphatic carbocycles. The van der Waals surface area contributed by atoms with Gasteiger partial charge in [-0.1, -0.05) is 147 Å². The second-order valence-electron chi connectivity index (χ2n) is 15.9. The van der Waals surface area contributed by atoms with Crippen LogP contribution in [0, 0.1) is 0 Å². The third kappa shape index (κ3) is 14.8. The number of carbonyl (C=O) groups is 4. The highest BCUT2D eigenvalue weighted by Gasteiger charge is 2.26. The van der Waals surface area contributed by atoms with Crippen LogP contribution >= 0.6 is 21.6 Å². The molecule has 62 heavy (non-hydrogen) atoms. The molecule has 0 amide bonds. The van der Waals surface area contributed by atoms with Crippen LogP contribution in [0.1, 0.15) is 144 Å². The van der Waals surface area contributed by atoms with E-state index in [1.54, 1.807) is 48.5 Å². The van der Waals surface area contributed by atoms with Crippen molar-refractivity contribution >= 4 is 56.1 Å². The van der Waals surface area contributed by atoms with Gasteiger partial charge in [0.25, 0.3) is 0 Å². The molecule has 0 atom stereocenters. The highest BCUT2D eigenvalue weighted by atomic mass is 33.1. The Labute approximate surface area is 375 Å². The number of benzene rings is 4. The molecule has 0 heterocycles. The van der Waals surface area contributed by atoms with E-state index in [0.29, 0.717) is 35.5 Å². The summed E-state index contributed by atoms with van der Waals surface area (Å²) in [5.41, 5.74) is 3.83. The first-order valence-electron chi connectivity index (χ1n) is 22.5. The summed E-state index contributed by atoms with van der Waals surface area (Å²) in [5.74, 6) is 3.45. The highest BCUT2D eigenvalue weighted by molar-refractivity contribution is 8.76. The molecular formula is C52H60N2O6S2. The van der Waals surface area contributed by atoms with Crippen LogP contribution in [-0.4, -0.2) is 47.9 Å². The van der Waals surface area contributed by atoms with Crippen molar-refractivity contribution in [3.05, 3.63) is 143 Å². The number of allylic oxidation sites excluding steroid dienone is 4. The van der Waals surface area contributed by atoms with Gasteiger partial charge in [0.15, 0.2) is 11.6 Å². The zero-order valence-corrected chi connectivity index (χ0v) is 37.4. The third-order valence-electron chi connectivity index (χ3n) is 11.0. The fourth-order valence-corrected chi connectivity index (χ4v) is 9.84. The molecule has 6 rings (SSSR count). The van der Waals surface area contributed by atoms with Crippen LogP contribution in [-0.2, 0) is 0 Å². The largest absolute Gasteiger partial charge is 0.494 e. The molecule has 0 fully saturated rings. The number of nitrogens with one attached hydrogen (secondary N) is 2. The van der Waals surface area contributed by atoms with Crippen molar-refractivity contribution in [3.63, 3.8) is 0 Å². The van der Waals surface area contributed by atoms with Gasteiger partial charge in [-0.15, -0.1) is 0 Å². The van der Waals surface area contributed by atoms with Crippen LogP contribution in [0.25, 0.3) is 0 Å². The van der Waals surface area contributed by atoms with E-state index in [9.17, 15) is 19.2 Å². The maximum Gasteiger partial charge on any atom is 0.210 e. The maximum absolute atomic E-state index is 12.8. The number of hydrogen-bond acceptors (Lipinski definition) is 10. The lowest BCUT2D eigenvalue weighted by atomic mass is 9.92. The Morgan fingerprint density at radius 3 is 1.06 bits per heavy atom. The van der Waals surface area contributed by atoms with Crippen LogP contribution in [0.4, 0.5) is 11.4 Å². The number of anilines is 2. The lowest BCUT2D eigenvalue weighted by Crippen LogP contribution is -2.21. The number of ether oxygens (including phenoxy) is 2. The summed E-state index contributed by atoms with van der Waals surface area (Å²) in [6.45, 7) is 1.39. The summed E-state index contributed by atoms with van der Waals surface area (Å²) < 4.78 is 11.9. The summed E-state index contributed by atoms with van der Waals surface area (Å²) in [4.78, 5) is 50.4. The Balaban J connectivity index is 0.658. The fraction of sp³-hybridized carbons (Fsp3) is 0.385. The van der Waals surface area contributed by atoms with Gasteiger partial charge < -0.3 is 20.1 Å². The van der Waals surface area contributed by atoms with Crippen molar-refractivity contribution < 1.29 is 28.7 Å². The number of unbranched alkanes of at least 4 members (excludes halogenated alkanes) is 14. The van der Waals surface area contributed by atoms with Crippen LogP contribution < -0.4 is 20.1 Å². The van der Waals surface area contributed by atoms with E-state index in [4.69, 9.17) is 9.47 Å². The Kier molecular flexibility index (Phi) is 19.3. The normalized spacial score (nSPS) is 13.3. The average molecular weight is 873 g/mol. The molecular weight excluding hydrogens is 813 g/mol. The molecule has 0 unspecified atom stereocenters. The molecule has 0 bridgehead atoms. The summed E-state index contributed by atoms with van der Waals surface area (Å²) in [6.07, 6.45) is 22.9. The molecule has 0 spiro atoms. The number of hydrogen-bond donors (Lipinski definition) is 2. The van der Waals surface area contributed by atoms with Crippen LogP contribution in [0.3, 0.4) is 0 Å². The molecule has 0 aliphatic heterocycles. The van der Waals surface area contributed by atoms with E-state index < -0.39 is 0 Å². The first kappa shape index (κ1) is 46.4. The van der Waals surface area contributed by atoms with E-state index >= 15 is 0 Å². The molecule has 8 nitrogen and oxygen atoms in total. The minimum atomic E-state index is -0.175. The van der Waals surface area contributed by atoms with Gasteiger partial charge in [-0.05, 0) is 74.2 Å². The second-order valence-corrected chi connectivity index (χ2v) is 18.6. The standard InChI is InChI=1S/C52H60N2O6S2/c55-49-37-47(51(57)45-23-15-13-21-43(45)49)53-39-25-29-41(30-26-39)59-33-17-9-5-1-3-7-11-19-35-61-62-36-20-12-8-4-2-6-10-18-34-60-42-31-27-40(28-32-42)54-48-38-50(56)44-22-14-16-24-46(44)52(48)58/h13-16,21-32,37-38,53-54H,1-12,17-20,33-36H2. The molecule has 2 N–H and O–H groups in total. The number of rotatable bonds is 29. The highest BCUT2D eigenvalue weighted by Crippen LogP contribution is 2.27. The lowest BCUT2D eigenvalue weighted by molar-refractivity contribution is 0.0985. The van der Waals surface area contributed by atoms with Gasteiger partial charge in [-0.2, -0.15) is 0 Å². The van der Waals surface area contributed by atoms with E-state index in [2.05, 4.69) is 10.6 Å². The van der Waals surface area contributed by atoms with Crippen LogP contribution in [0.15, 0.2) is 121 Å². The summed E-state index contributed by atoms with van der Waals surface area (Å²) in [6, 6.07) is 28.9. The Morgan fingerprint density at radius 2 is 0.694 bits per heavy atom. The SMILES string of the molecule is O=C1C=C(Nc2ccc(OCCCCCCCCCCSSCCCCCCCCCCOc3ccc(NC4=CC(=O)c5ccccc5C4=O)cc3)cc2)C(=O)c2ccccc21. The third-order valence-corrected chi connectivity index (χ3v) is 13.6. The summed E-state index contributed by atoms with van der Waals surface area (Å²) >= 11 is 0. The van der Waals surface area contributed by atoms with Gasteiger partial charge in [-0.25, -0.2) is 0 Å². The Morgan fingerprint density at radius 1 is 0.371 bits per heavy atom. The number of Topliss-reactive ketones (excluding diaryl/α,β-unsaturated/α-hetero) is 2. The van der Waals surface area contributed by atoms with Gasteiger partial charge in [0.1, 0.15) is 11.5 Å². The zero-order chi connectivity index (χ0) is 43.2. The molecule has 0 radical (unpaired) electrons. The van der Waals surface area contributed by atoms with Crippen LogP contribution in [0.5, 0.6) is 11.5 Å². The monoisotopic (exact) mass is 872 g/mol. The molecule has 0 saturated carbocycles. The quantitative estimate of drug-likeness (QED) is 0.0404. The van der Waals surface area contributed by atoms with Crippen molar-refractivity contribution in [2.75, 3.05) is 35.4 Å². The molecule has 2 aliphatic rings. The maximum atomic E-state index is 12.8. The van der Waals surface area contributed by atoms with E-state index in [1.165, 1.54) is 114 Å². The molecule has 326 valence electrons. The Bertz CT molecular complexity index is 1990. The Hall–Kier alpha value is -5.06. The van der Waals surface area contributed by atoms with Crippen molar-refractivity contribution in [3.8, 4) is 11.5 Å². The first-order chi connectivity index (χ1) is 30.5. The predicted octanol–water partition coefficient (Wildman–Crippen LogP) is 13.5. The second kappa shape index (κ2) is 25.8. The van der Waals surface area contributed by atoms with E-state index in [1.807, 2.05) is 70.1 Å². The van der Waals surface area contributed by atoms with Gasteiger partial charge in [0.2, 0.25) is 11.6 Å². The predicted molar refractivity (Wildman–Crippen MR) is 256 cm³/mol. The molecule has 0 saturated heterocycles. The lowest BCUT2D eigenvalue weighted by Gasteiger charge is -2.16. The average Bonchev–Trinajstić information content (AvgIpc) is 3.29. The molecule has 4 aromatic rings. The first-order valence-corrected chi connectivity index (χ1v) is 25.0. The van der Waals surface area contributed by atoms with Crippen molar-refractivity contribution in [2.45, 2.75) is 103 Å². The topological polar surface area (TPSA) is 111 Å². The molecule has 4 aromatic carbocycles. The zero-order valence-electron chi connectivity index (χ0n) is 35.8. The van der Waals surface area contributed by atoms with Gasteiger partial charge >= 0.3 is 0 Å². The van der Waals surface area contributed by atoms with Gasteiger partial charge in [0, 0.05) is 57.3 Å². The minimum absolute atomic E-state index is 0.163.